The van der Waals surface area contributed by atoms with Gasteiger partial charge in [-0.1, -0.05) is 42.5 Å². The first-order valence-corrected chi connectivity index (χ1v) is 6.19. The summed E-state index contributed by atoms with van der Waals surface area (Å²) in [5.74, 6) is 0.375. The van der Waals surface area contributed by atoms with Gasteiger partial charge in [0, 0.05) is 16.7 Å². The summed E-state index contributed by atoms with van der Waals surface area (Å²) in [5, 5.41) is 9.33. The highest BCUT2D eigenvalue weighted by atomic mass is 16.5. The number of Topliss-reactive ketones (excluding diaryl/α,β-unsaturated/α-hetero) is 1. The Kier molecular flexibility index (Phi) is 2.85. The van der Waals surface area contributed by atoms with Crippen LogP contribution in [0.3, 0.4) is 0 Å². The third-order valence-electron chi connectivity index (χ3n) is 3.39. The molecule has 3 rings (SSSR count). The maximum Gasteiger partial charge on any atom is 0.204 e. The Labute approximate surface area is 116 Å². The average Bonchev–Trinajstić information content (AvgIpc) is 2.80. The van der Waals surface area contributed by atoms with E-state index in [0.29, 0.717) is 22.4 Å². The fourth-order valence-electron chi connectivity index (χ4n) is 2.52. The molecule has 0 spiro atoms. The number of hydrogen-bond donors (Lipinski definition) is 0. The molecule has 0 bridgehead atoms. The normalized spacial score (nSPS) is 13.1. The fourth-order valence-corrected chi connectivity index (χ4v) is 2.52. The van der Waals surface area contributed by atoms with E-state index in [-0.39, 0.29) is 11.4 Å². The Morgan fingerprint density at radius 2 is 1.80 bits per heavy atom. The molecule has 0 radical (unpaired) electrons. The molecule has 2 aromatic carbocycles. The standard InChI is InChI=1S/C17H11NO2/c1-20-14-9-5-8-12-16(14)15(13(10-18)17(12)19)11-6-3-2-4-7-11/h2-9H,1H3. The van der Waals surface area contributed by atoms with Gasteiger partial charge in [-0.25, -0.2) is 0 Å². The molecule has 0 saturated heterocycles. The van der Waals surface area contributed by atoms with E-state index < -0.39 is 0 Å². The zero-order valence-electron chi connectivity index (χ0n) is 10.9. The molecule has 1 aliphatic rings. The lowest BCUT2D eigenvalue weighted by molar-refractivity contribution is 0.104. The number of nitriles is 1. The number of methoxy groups -OCH3 is 1. The van der Waals surface area contributed by atoms with E-state index in [1.165, 1.54) is 0 Å². The lowest BCUT2D eigenvalue weighted by atomic mass is 9.97. The van der Waals surface area contributed by atoms with Gasteiger partial charge in [-0.05, 0) is 11.6 Å². The smallest absolute Gasteiger partial charge is 0.204 e. The Bertz CT molecular complexity index is 767. The Morgan fingerprint density at radius 1 is 1.05 bits per heavy atom. The van der Waals surface area contributed by atoms with Crippen molar-refractivity contribution in [2.24, 2.45) is 0 Å². The van der Waals surface area contributed by atoms with Crippen molar-refractivity contribution in [2.75, 3.05) is 7.11 Å². The molecule has 0 N–H and O–H groups in total. The Balaban J connectivity index is 2.36. The second-order valence-electron chi connectivity index (χ2n) is 4.44. The first-order chi connectivity index (χ1) is 9.77. The molecule has 3 heteroatoms. The van der Waals surface area contributed by atoms with Gasteiger partial charge in [0.1, 0.15) is 17.4 Å². The topological polar surface area (TPSA) is 50.1 Å². The minimum atomic E-state index is -0.236. The summed E-state index contributed by atoms with van der Waals surface area (Å²) in [6.07, 6.45) is 0. The molecular formula is C17H11NO2. The van der Waals surface area contributed by atoms with Crippen LogP contribution in [0.2, 0.25) is 0 Å². The number of carbonyl (C=O) groups excluding carboxylic acids is 1. The predicted octanol–water partition coefficient (Wildman–Crippen LogP) is 3.22. The molecule has 0 heterocycles. The number of allylic oxidation sites excluding steroid dienone is 1. The van der Waals surface area contributed by atoms with Gasteiger partial charge in [-0.3, -0.25) is 4.79 Å². The van der Waals surface area contributed by atoms with Gasteiger partial charge in [-0.15, -0.1) is 0 Å². The second kappa shape index (κ2) is 4.67. The van der Waals surface area contributed by atoms with E-state index in [1.54, 1.807) is 25.3 Å². The van der Waals surface area contributed by atoms with Crippen LogP contribution >= 0.6 is 0 Å². The number of hydrogen-bond acceptors (Lipinski definition) is 3. The van der Waals surface area contributed by atoms with Crippen LogP contribution in [-0.4, -0.2) is 12.9 Å². The summed E-state index contributed by atoms with van der Waals surface area (Å²) >= 11 is 0. The van der Waals surface area contributed by atoms with Crippen molar-refractivity contribution in [1.82, 2.24) is 0 Å². The van der Waals surface area contributed by atoms with Gasteiger partial charge in [0.25, 0.3) is 0 Å². The lowest BCUT2D eigenvalue weighted by Gasteiger charge is -2.10. The zero-order chi connectivity index (χ0) is 14.1. The highest BCUT2D eigenvalue weighted by Crippen LogP contribution is 2.42. The van der Waals surface area contributed by atoms with Crippen LogP contribution in [0.15, 0.2) is 54.1 Å². The molecule has 0 aliphatic heterocycles. The third kappa shape index (κ3) is 1.63. The molecule has 0 unspecified atom stereocenters. The van der Waals surface area contributed by atoms with E-state index in [4.69, 9.17) is 4.74 Å². The second-order valence-corrected chi connectivity index (χ2v) is 4.44. The van der Waals surface area contributed by atoms with Crippen molar-refractivity contribution in [3.8, 4) is 11.8 Å². The highest BCUT2D eigenvalue weighted by molar-refractivity contribution is 6.25. The SMILES string of the molecule is COc1cccc2c1C(c1ccccc1)=C(C#N)C2=O. The van der Waals surface area contributed by atoms with Crippen LogP contribution < -0.4 is 4.74 Å². The number of rotatable bonds is 2. The van der Waals surface area contributed by atoms with Crippen molar-refractivity contribution in [3.05, 3.63) is 70.8 Å². The van der Waals surface area contributed by atoms with Gasteiger partial charge in [0.15, 0.2) is 0 Å². The Morgan fingerprint density at radius 3 is 2.45 bits per heavy atom. The van der Waals surface area contributed by atoms with E-state index in [0.717, 1.165) is 5.56 Å². The number of ether oxygens (including phenoxy) is 1. The van der Waals surface area contributed by atoms with Crippen LogP contribution in [0.25, 0.3) is 5.57 Å². The minimum Gasteiger partial charge on any atom is -0.496 e. The molecule has 0 saturated carbocycles. The van der Waals surface area contributed by atoms with Gasteiger partial charge in [-0.2, -0.15) is 5.26 Å². The summed E-state index contributed by atoms with van der Waals surface area (Å²) in [6.45, 7) is 0. The summed E-state index contributed by atoms with van der Waals surface area (Å²) in [4.78, 5) is 12.3. The quantitative estimate of drug-likeness (QED) is 0.834. The predicted molar refractivity (Wildman–Crippen MR) is 75.4 cm³/mol. The van der Waals surface area contributed by atoms with Crippen molar-refractivity contribution in [2.45, 2.75) is 0 Å². The largest absolute Gasteiger partial charge is 0.496 e. The molecule has 1 aliphatic carbocycles. The van der Waals surface area contributed by atoms with Crippen LogP contribution in [0.1, 0.15) is 21.5 Å². The van der Waals surface area contributed by atoms with Crippen LogP contribution in [0.4, 0.5) is 0 Å². The minimum absolute atomic E-state index is 0.177. The van der Waals surface area contributed by atoms with Crippen LogP contribution in [0.5, 0.6) is 5.75 Å². The number of carbonyl (C=O) groups is 1. The molecule has 96 valence electrons. The van der Waals surface area contributed by atoms with Gasteiger partial charge < -0.3 is 4.74 Å². The van der Waals surface area contributed by atoms with E-state index in [2.05, 4.69) is 0 Å². The molecule has 0 fully saturated rings. The summed E-state index contributed by atoms with van der Waals surface area (Å²) < 4.78 is 5.35. The number of fused-ring (bicyclic) bond motifs is 1. The molecule has 2 aromatic rings. The number of nitrogens with zero attached hydrogens (tertiary/aromatic N) is 1. The maximum absolute atomic E-state index is 12.3. The van der Waals surface area contributed by atoms with Crippen LogP contribution in [0, 0.1) is 11.3 Å². The first kappa shape index (κ1) is 12.2. The van der Waals surface area contributed by atoms with Crippen molar-refractivity contribution in [3.63, 3.8) is 0 Å². The van der Waals surface area contributed by atoms with Crippen molar-refractivity contribution >= 4 is 11.4 Å². The van der Waals surface area contributed by atoms with Gasteiger partial charge in [0.05, 0.1) is 7.11 Å². The average molecular weight is 261 g/mol. The van der Waals surface area contributed by atoms with Crippen LogP contribution in [-0.2, 0) is 0 Å². The number of benzene rings is 2. The summed E-state index contributed by atoms with van der Waals surface area (Å²) in [5.41, 5.74) is 2.92. The van der Waals surface area contributed by atoms with Gasteiger partial charge in [0.2, 0.25) is 5.78 Å². The third-order valence-corrected chi connectivity index (χ3v) is 3.39. The fraction of sp³-hybridized carbons (Fsp3) is 0.0588. The zero-order valence-corrected chi connectivity index (χ0v) is 10.9. The Hall–Kier alpha value is -2.86. The molecule has 0 amide bonds. The highest BCUT2D eigenvalue weighted by Gasteiger charge is 2.32. The van der Waals surface area contributed by atoms with Gasteiger partial charge >= 0.3 is 0 Å². The van der Waals surface area contributed by atoms with E-state index >= 15 is 0 Å². The molecule has 3 nitrogen and oxygen atoms in total. The van der Waals surface area contributed by atoms with Crippen molar-refractivity contribution in [1.29, 1.82) is 5.26 Å². The molecular weight excluding hydrogens is 250 g/mol. The lowest BCUT2D eigenvalue weighted by Crippen LogP contribution is -1.97. The van der Waals surface area contributed by atoms with Crippen molar-refractivity contribution < 1.29 is 9.53 Å². The molecule has 20 heavy (non-hydrogen) atoms. The first-order valence-electron chi connectivity index (χ1n) is 6.19. The summed E-state index contributed by atoms with van der Waals surface area (Å²) in [6, 6.07) is 16.8. The molecule has 0 atom stereocenters. The number of ketones is 1. The monoisotopic (exact) mass is 261 g/mol. The summed E-state index contributed by atoms with van der Waals surface area (Å²) in [7, 11) is 1.56. The molecule has 0 aromatic heterocycles. The van der Waals surface area contributed by atoms with E-state index in [9.17, 15) is 10.1 Å². The maximum atomic E-state index is 12.3. The van der Waals surface area contributed by atoms with E-state index in [1.807, 2.05) is 36.4 Å².